The van der Waals surface area contributed by atoms with Gasteiger partial charge in [0.05, 0.1) is 25.9 Å². The predicted octanol–water partition coefficient (Wildman–Crippen LogP) is 4.46. The maximum Gasteiger partial charge on any atom is 0.194 e. The van der Waals surface area contributed by atoms with Crippen LogP contribution < -0.4 is 5.32 Å². The number of ether oxygens (including phenoxy) is 3. The van der Waals surface area contributed by atoms with Crippen molar-refractivity contribution in [2.24, 2.45) is 4.99 Å². The molecule has 4 rings (SSSR count). The van der Waals surface area contributed by atoms with E-state index in [9.17, 15) is 0 Å². The van der Waals surface area contributed by atoms with E-state index in [2.05, 4.69) is 70.7 Å². The van der Waals surface area contributed by atoms with Gasteiger partial charge >= 0.3 is 0 Å². The Morgan fingerprint density at radius 2 is 1.79 bits per heavy atom. The minimum absolute atomic E-state index is 0. The van der Waals surface area contributed by atoms with Gasteiger partial charge in [-0.1, -0.05) is 48.5 Å². The highest BCUT2D eigenvalue weighted by Crippen LogP contribution is 2.25. The summed E-state index contributed by atoms with van der Waals surface area (Å²) in [5.41, 5.74) is 4.96. The summed E-state index contributed by atoms with van der Waals surface area (Å²) in [7, 11) is 1.84. The van der Waals surface area contributed by atoms with Crippen LogP contribution in [0.2, 0.25) is 0 Å². The Labute approximate surface area is 214 Å². The van der Waals surface area contributed by atoms with E-state index < -0.39 is 0 Å². The lowest BCUT2D eigenvalue weighted by molar-refractivity contribution is -0.0390. The molecule has 2 aliphatic heterocycles. The van der Waals surface area contributed by atoms with Crippen molar-refractivity contribution in [1.29, 1.82) is 0 Å². The van der Waals surface area contributed by atoms with Gasteiger partial charge in [0.15, 0.2) is 5.96 Å². The van der Waals surface area contributed by atoms with Crippen molar-refractivity contribution >= 4 is 29.9 Å². The molecule has 0 spiro atoms. The Morgan fingerprint density at radius 1 is 1.06 bits per heavy atom. The van der Waals surface area contributed by atoms with Gasteiger partial charge in [-0.25, -0.2) is 0 Å². The highest BCUT2D eigenvalue weighted by Gasteiger charge is 2.25. The van der Waals surface area contributed by atoms with Crippen LogP contribution in [0.3, 0.4) is 0 Å². The Morgan fingerprint density at radius 3 is 2.52 bits per heavy atom. The number of benzene rings is 2. The van der Waals surface area contributed by atoms with Crippen molar-refractivity contribution < 1.29 is 14.2 Å². The second-order valence-corrected chi connectivity index (χ2v) is 8.50. The quantitative estimate of drug-likeness (QED) is 0.319. The van der Waals surface area contributed by atoms with Crippen molar-refractivity contribution in [3.63, 3.8) is 0 Å². The molecule has 2 aromatic rings. The van der Waals surface area contributed by atoms with E-state index in [0.717, 1.165) is 51.6 Å². The van der Waals surface area contributed by atoms with E-state index in [-0.39, 0.29) is 30.1 Å². The van der Waals surface area contributed by atoms with Gasteiger partial charge in [0.25, 0.3) is 0 Å². The second-order valence-electron chi connectivity index (χ2n) is 8.50. The Bertz CT molecular complexity index is 885. The van der Waals surface area contributed by atoms with Gasteiger partial charge in [0.2, 0.25) is 0 Å². The molecule has 2 aromatic carbocycles. The van der Waals surface area contributed by atoms with Crippen LogP contribution in [0.5, 0.6) is 0 Å². The zero-order valence-corrected chi connectivity index (χ0v) is 22.0. The van der Waals surface area contributed by atoms with Gasteiger partial charge in [-0.2, -0.15) is 0 Å². The predicted molar refractivity (Wildman–Crippen MR) is 142 cm³/mol. The SMILES string of the molecule is CN=C(NCc1ccc(COC2CCOCC2)cc1)N1CCOC(c2ccccc2C)C1.I. The molecule has 0 amide bonds. The zero-order chi connectivity index (χ0) is 22.2. The van der Waals surface area contributed by atoms with Gasteiger partial charge in [0, 0.05) is 33.4 Å². The number of aliphatic imine (C=N–C) groups is 1. The number of nitrogens with zero attached hydrogens (tertiary/aromatic N) is 2. The molecule has 0 radical (unpaired) electrons. The van der Waals surface area contributed by atoms with Crippen molar-refractivity contribution in [1.82, 2.24) is 10.2 Å². The van der Waals surface area contributed by atoms with Crippen molar-refractivity contribution in [3.05, 3.63) is 70.8 Å². The molecule has 0 saturated carbocycles. The monoisotopic (exact) mass is 565 g/mol. The number of aryl methyl sites for hydroxylation is 1. The van der Waals surface area contributed by atoms with Crippen molar-refractivity contribution in [2.45, 2.75) is 45.1 Å². The molecule has 0 aromatic heterocycles. The van der Waals surface area contributed by atoms with Gasteiger partial charge in [-0.15, -0.1) is 24.0 Å². The lowest BCUT2D eigenvalue weighted by Gasteiger charge is -2.35. The number of hydrogen-bond donors (Lipinski definition) is 1. The molecular formula is C26H36IN3O3. The molecular weight excluding hydrogens is 529 g/mol. The first-order valence-electron chi connectivity index (χ1n) is 11.6. The van der Waals surface area contributed by atoms with E-state index in [0.29, 0.717) is 19.3 Å². The van der Waals surface area contributed by atoms with Crippen molar-refractivity contribution in [2.75, 3.05) is 40.0 Å². The van der Waals surface area contributed by atoms with Crippen LogP contribution >= 0.6 is 24.0 Å². The average molecular weight is 565 g/mol. The molecule has 1 N–H and O–H groups in total. The van der Waals surface area contributed by atoms with Crippen LogP contribution in [0.1, 0.15) is 41.2 Å². The summed E-state index contributed by atoms with van der Waals surface area (Å²) in [5, 5.41) is 3.52. The fourth-order valence-electron chi connectivity index (χ4n) is 4.30. The summed E-state index contributed by atoms with van der Waals surface area (Å²) >= 11 is 0. The summed E-state index contributed by atoms with van der Waals surface area (Å²) in [5.74, 6) is 0.916. The first kappa shape index (κ1) is 25.9. The van der Waals surface area contributed by atoms with Crippen LogP contribution in [0.15, 0.2) is 53.5 Å². The van der Waals surface area contributed by atoms with Crippen molar-refractivity contribution in [3.8, 4) is 0 Å². The molecule has 2 heterocycles. The van der Waals surface area contributed by atoms with E-state index in [4.69, 9.17) is 14.2 Å². The van der Waals surface area contributed by atoms with Gasteiger partial charge < -0.3 is 24.4 Å². The first-order chi connectivity index (χ1) is 15.7. The third kappa shape index (κ3) is 7.40. The maximum atomic E-state index is 6.07. The molecule has 2 fully saturated rings. The number of hydrogen-bond acceptors (Lipinski definition) is 4. The number of guanidine groups is 1. The van der Waals surface area contributed by atoms with E-state index in [1.54, 1.807) is 0 Å². The molecule has 1 atom stereocenters. The van der Waals surface area contributed by atoms with Crippen LogP contribution in [0.25, 0.3) is 0 Å². The molecule has 6 nitrogen and oxygen atoms in total. The number of rotatable bonds is 6. The minimum Gasteiger partial charge on any atom is -0.381 e. The third-order valence-electron chi connectivity index (χ3n) is 6.24. The maximum absolute atomic E-state index is 6.07. The molecule has 7 heteroatoms. The summed E-state index contributed by atoms with van der Waals surface area (Å²) < 4.78 is 17.5. The smallest absolute Gasteiger partial charge is 0.194 e. The highest BCUT2D eigenvalue weighted by atomic mass is 127. The number of halogens is 1. The molecule has 0 aliphatic carbocycles. The largest absolute Gasteiger partial charge is 0.381 e. The Balaban J connectivity index is 0.00000306. The standard InChI is InChI=1S/C26H35N3O3.HI/c1-20-5-3-4-6-24(20)25-18-29(13-16-31-25)26(27-2)28-17-21-7-9-22(10-8-21)19-32-23-11-14-30-15-12-23;/h3-10,23,25H,11-19H2,1-2H3,(H,27,28);1H. The van der Waals surface area contributed by atoms with Crippen LogP contribution in [0.4, 0.5) is 0 Å². The molecule has 2 aliphatic rings. The summed E-state index contributed by atoms with van der Waals surface area (Å²) in [4.78, 5) is 6.81. The lowest BCUT2D eigenvalue weighted by Crippen LogP contribution is -2.48. The van der Waals surface area contributed by atoms with Crippen LogP contribution in [-0.4, -0.2) is 56.9 Å². The van der Waals surface area contributed by atoms with Crippen LogP contribution in [0, 0.1) is 6.92 Å². The highest BCUT2D eigenvalue weighted by molar-refractivity contribution is 14.0. The van der Waals surface area contributed by atoms with Gasteiger partial charge in [-0.3, -0.25) is 4.99 Å². The first-order valence-corrected chi connectivity index (χ1v) is 11.6. The average Bonchev–Trinajstić information content (AvgIpc) is 2.85. The Kier molecular flexibility index (Phi) is 10.4. The summed E-state index contributed by atoms with van der Waals surface area (Å²) in [6, 6.07) is 17.1. The molecule has 2 saturated heterocycles. The minimum atomic E-state index is 0. The topological polar surface area (TPSA) is 55.3 Å². The van der Waals surface area contributed by atoms with Gasteiger partial charge in [0.1, 0.15) is 6.10 Å². The third-order valence-corrected chi connectivity index (χ3v) is 6.24. The Hall–Kier alpha value is -1.68. The molecule has 33 heavy (non-hydrogen) atoms. The second kappa shape index (κ2) is 13.3. The summed E-state index contributed by atoms with van der Waals surface area (Å²) in [6.45, 7) is 7.49. The molecule has 180 valence electrons. The molecule has 0 bridgehead atoms. The van der Waals surface area contributed by atoms with Crippen LogP contribution in [-0.2, 0) is 27.4 Å². The molecule has 1 unspecified atom stereocenters. The zero-order valence-electron chi connectivity index (χ0n) is 19.7. The number of morpholine rings is 1. The lowest BCUT2D eigenvalue weighted by atomic mass is 10.0. The fourth-order valence-corrected chi connectivity index (χ4v) is 4.30. The fraction of sp³-hybridized carbons (Fsp3) is 0.500. The van der Waals surface area contributed by atoms with Gasteiger partial charge in [-0.05, 0) is 42.0 Å². The number of nitrogens with one attached hydrogen (secondary N) is 1. The summed E-state index contributed by atoms with van der Waals surface area (Å²) in [6.07, 6.45) is 2.38. The van der Waals surface area contributed by atoms with E-state index in [1.165, 1.54) is 22.3 Å². The van der Waals surface area contributed by atoms with E-state index >= 15 is 0 Å². The normalized spacial score (nSPS) is 19.8. The van der Waals surface area contributed by atoms with E-state index in [1.807, 2.05) is 7.05 Å².